The van der Waals surface area contributed by atoms with Gasteiger partial charge in [0.25, 0.3) is 5.91 Å². The number of hydrogen-bond acceptors (Lipinski definition) is 4. The van der Waals surface area contributed by atoms with Crippen molar-refractivity contribution in [2.24, 2.45) is 0 Å². The number of H-pyrrole nitrogens is 1. The third-order valence-corrected chi connectivity index (χ3v) is 2.73. The fourth-order valence-electron chi connectivity index (χ4n) is 1.86. The Morgan fingerprint density at radius 3 is 2.95 bits per heavy atom. The molecule has 0 aliphatic heterocycles. The first kappa shape index (κ1) is 13.1. The van der Waals surface area contributed by atoms with E-state index in [1.54, 1.807) is 7.11 Å². The van der Waals surface area contributed by atoms with Crippen LogP contribution in [0.1, 0.15) is 23.1 Å². The van der Waals surface area contributed by atoms with Crippen LogP contribution in [0, 0.1) is 0 Å². The minimum absolute atomic E-state index is 0.0334. The Morgan fingerprint density at radius 1 is 1.47 bits per heavy atom. The van der Waals surface area contributed by atoms with E-state index in [1.807, 2.05) is 31.2 Å². The lowest BCUT2D eigenvalue weighted by molar-refractivity contribution is 0.0930. The largest absolute Gasteiger partial charge is 0.496 e. The second-order valence-electron chi connectivity index (χ2n) is 4.22. The van der Waals surface area contributed by atoms with Gasteiger partial charge < -0.3 is 10.1 Å². The van der Waals surface area contributed by atoms with Crippen molar-refractivity contribution in [3.63, 3.8) is 0 Å². The predicted molar refractivity (Wildman–Crippen MR) is 70.0 cm³/mol. The SMILES string of the molecule is COc1ccccc1CC(C)NC(=O)c1ncn[nH]1. The molecule has 19 heavy (non-hydrogen) atoms. The number of rotatable bonds is 5. The van der Waals surface area contributed by atoms with Crippen LogP contribution < -0.4 is 10.1 Å². The zero-order chi connectivity index (χ0) is 13.7. The van der Waals surface area contributed by atoms with Gasteiger partial charge in [0.05, 0.1) is 7.11 Å². The highest BCUT2D eigenvalue weighted by molar-refractivity contribution is 5.90. The molecular formula is C13H16N4O2. The van der Waals surface area contributed by atoms with E-state index in [-0.39, 0.29) is 17.8 Å². The van der Waals surface area contributed by atoms with Gasteiger partial charge in [-0.15, -0.1) is 0 Å². The quantitative estimate of drug-likeness (QED) is 0.845. The average molecular weight is 260 g/mol. The lowest BCUT2D eigenvalue weighted by Gasteiger charge is -2.15. The molecule has 6 heteroatoms. The van der Waals surface area contributed by atoms with Gasteiger partial charge in [0.2, 0.25) is 5.82 Å². The number of methoxy groups -OCH3 is 1. The first-order chi connectivity index (χ1) is 9.20. The van der Waals surface area contributed by atoms with Crippen LogP contribution in [-0.2, 0) is 6.42 Å². The summed E-state index contributed by atoms with van der Waals surface area (Å²) in [5.74, 6) is 0.773. The van der Waals surface area contributed by atoms with Crippen molar-refractivity contribution < 1.29 is 9.53 Å². The van der Waals surface area contributed by atoms with Crippen molar-refractivity contribution in [1.82, 2.24) is 20.5 Å². The average Bonchev–Trinajstić information content (AvgIpc) is 2.93. The van der Waals surface area contributed by atoms with Crippen LogP contribution in [0.25, 0.3) is 0 Å². The van der Waals surface area contributed by atoms with Gasteiger partial charge in [0.1, 0.15) is 12.1 Å². The summed E-state index contributed by atoms with van der Waals surface area (Å²) in [4.78, 5) is 15.6. The highest BCUT2D eigenvalue weighted by Gasteiger charge is 2.13. The van der Waals surface area contributed by atoms with E-state index >= 15 is 0 Å². The minimum Gasteiger partial charge on any atom is -0.496 e. The number of aromatic nitrogens is 3. The zero-order valence-corrected chi connectivity index (χ0v) is 10.9. The van der Waals surface area contributed by atoms with Crippen molar-refractivity contribution in [2.45, 2.75) is 19.4 Å². The molecule has 0 aliphatic rings. The molecule has 2 N–H and O–H groups in total. The lowest BCUT2D eigenvalue weighted by atomic mass is 10.1. The van der Waals surface area contributed by atoms with E-state index in [0.717, 1.165) is 11.3 Å². The molecule has 0 radical (unpaired) electrons. The number of para-hydroxylation sites is 1. The Hall–Kier alpha value is -2.37. The van der Waals surface area contributed by atoms with Gasteiger partial charge in [-0.05, 0) is 25.0 Å². The molecule has 0 bridgehead atoms. The highest BCUT2D eigenvalue weighted by atomic mass is 16.5. The van der Waals surface area contributed by atoms with Crippen LogP contribution in [0.2, 0.25) is 0 Å². The first-order valence-electron chi connectivity index (χ1n) is 5.99. The molecule has 100 valence electrons. The van der Waals surface area contributed by atoms with Crippen molar-refractivity contribution in [1.29, 1.82) is 0 Å². The monoisotopic (exact) mass is 260 g/mol. The van der Waals surface area contributed by atoms with Crippen molar-refractivity contribution in [3.05, 3.63) is 42.0 Å². The van der Waals surface area contributed by atoms with Crippen LogP contribution in [0.5, 0.6) is 5.75 Å². The molecule has 2 rings (SSSR count). The van der Waals surface area contributed by atoms with Crippen LogP contribution in [-0.4, -0.2) is 34.2 Å². The van der Waals surface area contributed by atoms with Crippen molar-refractivity contribution in [3.8, 4) is 5.75 Å². The molecule has 1 aromatic heterocycles. The second kappa shape index (κ2) is 5.99. The van der Waals surface area contributed by atoms with Crippen molar-refractivity contribution in [2.75, 3.05) is 7.11 Å². The molecular weight excluding hydrogens is 244 g/mol. The Labute approximate surface area is 111 Å². The van der Waals surface area contributed by atoms with E-state index in [1.165, 1.54) is 6.33 Å². The molecule has 6 nitrogen and oxygen atoms in total. The van der Waals surface area contributed by atoms with Gasteiger partial charge in [-0.1, -0.05) is 18.2 Å². The number of nitrogens with zero attached hydrogens (tertiary/aromatic N) is 2. The molecule has 1 amide bonds. The maximum atomic E-state index is 11.8. The molecule has 1 heterocycles. The number of nitrogens with one attached hydrogen (secondary N) is 2. The molecule has 0 aliphatic carbocycles. The maximum absolute atomic E-state index is 11.8. The van der Waals surface area contributed by atoms with Crippen LogP contribution in [0.3, 0.4) is 0 Å². The summed E-state index contributed by atoms with van der Waals surface area (Å²) in [7, 11) is 1.64. The molecule has 1 unspecified atom stereocenters. The number of aromatic amines is 1. The summed E-state index contributed by atoms with van der Waals surface area (Å²) in [5, 5.41) is 9.03. The Kier molecular flexibility index (Phi) is 4.12. The second-order valence-corrected chi connectivity index (χ2v) is 4.22. The van der Waals surface area contributed by atoms with Gasteiger partial charge in [0.15, 0.2) is 0 Å². The van der Waals surface area contributed by atoms with Gasteiger partial charge in [-0.3, -0.25) is 9.89 Å². The highest BCUT2D eigenvalue weighted by Crippen LogP contribution is 2.18. The van der Waals surface area contributed by atoms with Gasteiger partial charge >= 0.3 is 0 Å². The predicted octanol–water partition coefficient (Wildman–Crippen LogP) is 1.17. The Bertz CT molecular complexity index is 539. The Morgan fingerprint density at radius 2 is 2.26 bits per heavy atom. The molecule has 0 saturated carbocycles. The fraction of sp³-hybridized carbons (Fsp3) is 0.308. The third-order valence-electron chi connectivity index (χ3n) is 2.73. The number of benzene rings is 1. The number of amides is 1. The standard InChI is InChI=1S/C13H16N4O2/c1-9(16-13(18)12-14-8-15-17-12)7-10-5-3-4-6-11(10)19-2/h3-6,8-9H,7H2,1-2H3,(H,16,18)(H,14,15,17). The summed E-state index contributed by atoms with van der Waals surface area (Å²) in [5.41, 5.74) is 1.05. The lowest BCUT2D eigenvalue weighted by Crippen LogP contribution is -2.34. The zero-order valence-electron chi connectivity index (χ0n) is 10.9. The van der Waals surface area contributed by atoms with Crippen molar-refractivity contribution >= 4 is 5.91 Å². The summed E-state index contributed by atoms with van der Waals surface area (Å²) < 4.78 is 5.28. The third kappa shape index (κ3) is 3.31. The summed E-state index contributed by atoms with van der Waals surface area (Å²) in [6.07, 6.45) is 1.99. The molecule has 0 saturated heterocycles. The van der Waals surface area contributed by atoms with E-state index in [9.17, 15) is 4.79 Å². The van der Waals surface area contributed by atoms with E-state index in [2.05, 4.69) is 20.5 Å². The topological polar surface area (TPSA) is 79.9 Å². The minimum atomic E-state index is -0.264. The number of carbonyl (C=O) groups excluding carboxylic acids is 1. The number of carbonyl (C=O) groups is 1. The van der Waals surface area contributed by atoms with Crippen LogP contribution in [0.15, 0.2) is 30.6 Å². The van der Waals surface area contributed by atoms with E-state index < -0.39 is 0 Å². The Balaban J connectivity index is 1.97. The van der Waals surface area contributed by atoms with Crippen LogP contribution >= 0.6 is 0 Å². The molecule has 0 fully saturated rings. The summed E-state index contributed by atoms with van der Waals surface area (Å²) >= 11 is 0. The first-order valence-corrected chi connectivity index (χ1v) is 5.99. The smallest absolute Gasteiger partial charge is 0.288 e. The van der Waals surface area contributed by atoms with E-state index in [0.29, 0.717) is 6.42 Å². The molecule has 0 spiro atoms. The van der Waals surface area contributed by atoms with Crippen LogP contribution in [0.4, 0.5) is 0 Å². The molecule has 2 aromatic rings. The number of hydrogen-bond donors (Lipinski definition) is 2. The van der Waals surface area contributed by atoms with E-state index in [4.69, 9.17) is 4.74 Å². The van der Waals surface area contributed by atoms with Gasteiger partial charge in [-0.2, -0.15) is 5.10 Å². The maximum Gasteiger partial charge on any atom is 0.288 e. The normalized spacial score (nSPS) is 11.9. The molecule has 1 aromatic carbocycles. The molecule has 1 atom stereocenters. The van der Waals surface area contributed by atoms with Gasteiger partial charge in [-0.25, -0.2) is 4.98 Å². The van der Waals surface area contributed by atoms with Gasteiger partial charge in [0, 0.05) is 6.04 Å². The summed E-state index contributed by atoms with van der Waals surface area (Å²) in [6, 6.07) is 7.72. The fourth-order valence-corrected chi connectivity index (χ4v) is 1.86. The summed E-state index contributed by atoms with van der Waals surface area (Å²) in [6.45, 7) is 1.93. The number of ether oxygens (including phenoxy) is 1.